The Labute approximate surface area is 781 Å². The molecule has 0 saturated carbocycles. The molecule has 676 valence electrons. The fourth-order valence-electron chi connectivity index (χ4n) is 12.3. The molecule has 0 radical (unpaired) electrons. The number of fused-ring (bicyclic) bond motifs is 7. The van der Waals surface area contributed by atoms with Crippen LogP contribution in [0.4, 0.5) is 13.2 Å². The van der Waals surface area contributed by atoms with Crippen LogP contribution in [0.1, 0.15) is 83.9 Å². The monoisotopic (exact) mass is 1930 g/mol. The number of hydrogen-bond acceptors (Lipinski definition) is 28. The predicted octanol–water partition coefficient (Wildman–Crippen LogP) is 22.7. The van der Waals surface area contributed by atoms with E-state index in [1.54, 1.807) is 140 Å². The lowest BCUT2D eigenvalue weighted by atomic mass is 10.2. The van der Waals surface area contributed by atoms with E-state index in [0.29, 0.717) is 140 Å². The summed E-state index contributed by atoms with van der Waals surface area (Å²) < 4.78 is 76.0. The molecule has 7 N–H and O–H groups in total. The summed E-state index contributed by atoms with van der Waals surface area (Å²) in [6.45, 7) is 1.87. The van der Waals surface area contributed by atoms with Crippen LogP contribution in [-0.4, -0.2) is 147 Å². The van der Waals surface area contributed by atoms with E-state index in [9.17, 15) is 46.7 Å². The third kappa shape index (κ3) is 22.3. The number of alkyl halides is 3. The van der Waals surface area contributed by atoms with Crippen molar-refractivity contribution in [2.45, 2.75) is 13.1 Å². The molecule has 0 saturated heterocycles. The first kappa shape index (κ1) is 93.1. The van der Waals surface area contributed by atoms with Gasteiger partial charge in [0.15, 0.2) is 39.1 Å². The zero-order valence-corrected chi connectivity index (χ0v) is 72.2. The quantitative estimate of drug-likeness (QED) is 0.0497. The molecule has 0 aliphatic rings. The number of benzene rings is 7. The van der Waals surface area contributed by atoms with Crippen LogP contribution in [-0.2, 0) is 6.18 Å². The summed E-state index contributed by atoms with van der Waals surface area (Å²) in [5.41, 5.74) is 11.9. The van der Waals surface area contributed by atoms with Gasteiger partial charge < -0.3 is 66.7 Å². The minimum atomic E-state index is -4.52. The highest BCUT2D eigenvalue weighted by Crippen LogP contribution is 2.36. The summed E-state index contributed by atoms with van der Waals surface area (Å²) in [5.74, 6) is -4.81. The van der Waals surface area contributed by atoms with Gasteiger partial charge in [-0.1, -0.05) is 58.0 Å². The van der Waals surface area contributed by atoms with Gasteiger partial charge in [0.25, 0.3) is 0 Å². The molecular formula is C93H52Cl5F3N14O21. The highest BCUT2D eigenvalue weighted by atomic mass is 35.5. The molecule has 0 atom stereocenters. The zero-order chi connectivity index (χ0) is 96.3. The Morgan fingerprint density at radius 3 is 0.912 bits per heavy atom. The van der Waals surface area contributed by atoms with Gasteiger partial charge in [-0.2, -0.15) is 13.2 Å². The second-order valence-corrected chi connectivity index (χ2v) is 29.8. The van der Waals surface area contributed by atoms with Crippen molar-refractivity contribution in [2.24, 2.45) is 0 Å². The van der Waals surface area contributed by atoms with Crippen molar-refractivity contribution >= 4 is 177 Å². The maximum absolute atomic E-state index is 12.5. The fourth-order valence-corrected chi connectivity index (χ4v) is 13.3. The number of nitrogens with zero attached hydrogens (tertiary/aromatic N) is 14. The van der Waals surface area contributed by atoms with Gasteiger partial charge in [-0.3, -0.25) is 15.0 Å². The number of aryl methyl sites for hydroxylation is 1. The van der Waals surface area contributed by atoms with Crippen LogP contribution in [0.2, 0.25) is 25.8 Å². The molecular weight excluding hydrogens is 1880 g/mol. The van der Waals surface area contributed by atoms with E-state index in [1.807, 2.05) is 13.0 Å². The normalized spacial score (nSPS) is 10.9. The van der Waals surface area contributed by atoms with Gasteiger partial charge in [0.2, 0.25) is 41.2 Å². The molecule has 0 aliphatic heterocycles. The van der Waals surface area contributed by atoms with E-state index in [4.69, 9.17) is 125 Å². The molecule has 0 bridgehead atoms. The van der Waals surface area contributed by atoms with Gasteiger partial charge in [0, 0.05) is 65.8 Å². The SMILES string of the molecule is Cc1ncccc1-c1nc2ccc(C(=O)O)cc2o1.O=C(O)c1ccc2nc(-c3cc(Cl)nc(Cl)c3)oc2c1.O=C(O)c1ccc2nc(-c3ccc(C(F)(F)F)nc3)oc2c1.O=C(O)c1ccc2nc(-c3ccc(Cl)nc3)oc2c1.O=C(O)c1ccc2nc(-c3cccnc3Cl)oc2c1.O=C(O)c1ccc2nc(-c3ccnc(Cl)c3)oc2c1.O=C(O)c1ccc2nc(-c3ccncc3)oc2c1. The molecule has 7 aromatic carbocycles. The van der Waals surface area contributed by atoms with E-state index in [2.05, 4.69) is 69.8 Å². The Morgan fingerprint density at radius 1 is 0.272 bits per heavy atom. The van der Waals surface area contributed by atoms with Gasteiger partial charge >= 0.3 is 48.0 Å². The molecule has 136 heavy (non-hydrogen) atoms. The third-order valence-corrected chi connectivity index (χ3v) is 20.0. The first-order valence-corrected chi connectivity index (χ1v) is 40.6. The second-order valence-electron chi connectivity index (χ2n) is 27.9. The second kappa shape index (κ2) is 40.4. The standard InChI is InChI=1S/C14H7F3N2O3.C14H10N2O3.C13H6Cl2N2O3.3C13H7ClN2O3.C13H8N2O3/c15-14(16,17)11-4-2-8(6-18-11)12-19-9-3-1-7(13(20)21)5-10(9)22-12;1-8-10(3-2-6-15-8)13-16-11-5-4-9(14(17)18)7-12(11)19-13;14-10-4-7(5-11(15)17-10)12-16-8-2-1-6(13(18)19)3-9(8)20-12;14-11-4-2-8(6-15-11)12-16-9-3-1-7(13(17)18)5-10(9)19-12;14-11-6-7(3-4-15-11)12-16-9-2-1-8(13(17)18)5-10(9)19-12;14-11-8(2-1-5-15-11)12-16-9-4-3-7(13(17)18)6-10(9)19-12;16-13(17)9-1-2-10-11(7-9)18-12(15-10)8-3-5-14-6-4-8/h1-6H,(H,20,21);2-7H,1H3,(H,17,18);1-5H,(H,18,19);3*1-6H,(H,17,18);1-7H,(H,16,17). The smallest absolute Gasteiger partial charge is 0.433 e. The fraction of sp³-hybridized carbons (Fsp3) is 0.0215. The summed E-state index contributed by atoms with van der Waals surface area (Å²) in [4.78, 5) is 133. The van der Waals surface area contributed by atoms with E-state index in [1.165, 1.54) is 97.1 Å². The highest BCUT2D eigenvalue weighted by Gasteiger charge is 2.33. The van der Waals surface area contributed by atoms with Crippen molar-refractivity contribution < 1.29 is 113 Å². The molecule has 0 fully saturated rings. The summed E-state index contributed by atoms with van der Waals surface area (Å²) >= 11 is 29.1. The Balaban J connectivity index is 0.000000121. The van der Waals surface area contributed by atoms with E-state index in [0.717, 1.165) is 29.1 Å². The average molecular weight is 1940 g/mol. The molecule has 0 aliphatic carbocycles. The molecule has 21 rings (SSSR count). The topological polar surface area (TPSA) is 534 Å². The van der Waals surface area contributed by atoms with Crippen LogP contribution in [0, 0.1) is 6.92 Å². The summed E-state index contributed by atoms with van der Waals surface area (Å²) in [6, 6.07) is 53.9. The van der Waals surface area contributed by atoms with Gasteiger partial charge in [0.1, 0.15) is 70.1 Å². The largest absolute Gasteiger partial charge is 0.478 e. The Bertz CT molecular complexity index is 8030. The van der Waals surface area contributed by atoms with Crippen molar-refractivity contribution in [1.82, 2.24) is 69.8 Å². The number of carboxylic acid groups (broad SMARTS) is 7. The summed E-state index contributed by atoms with van der Waals surface area (Å²) in [6.07, 6.45) is 6.14. The van der Waals surface area contributed by atoms with Gasteiger partial charge in [0.05, 0.1) is 61.2 Å². The molecule has 21 aromatic rings. The van der Waals surface area contributed by atoms with Crippen molar-refractivity contribution in [2.75, 3.05) is 0 Å². The van der Waals surface area contributed by atoms with Crippen LogP contribution in [0.3, 0.4) is 0 Å². The van der Waals surface area contributed by atoms with Crippen molar-refractivity contribution in [3.63, 3.8) is 0 Å². The molecule has 35 nitrogen and oxygen atoms in total. The van der Waals surface area contributed by atoms with E-state index in [-0.39, 0.29) is 71.4 Å². The number of halogens is 8. The van der Waals surface area contributed by atoms with Crippen molar-refractivity contribution in [3.05, 3.63) is 332 Å². The Hall–Kier alpha value is -17.6. The first-order valence-electron chi connectivity index (χ1n) is 38.7. The van der Waals surface area contributed by atoms with Gasteiger partial charge in [-0.05, 0) is 219 Å². The van der Waals surface area contributed by atoms with Crippen LogP contribution >= 0.6 is 58.0 Å². The lowest BCUT2D eigenvalue weighted by Crippen LogP contribution is -2.07. The average Bonchev–Trinajstić information content (AvgIpc) is 1.67. The summed E-state index contributed by atoms with van der Waals surface area (Å²) in [5, 5.41) is 63.9. The molecule has 14 heterocycles. The Morgan fingerprint density at radius 2 is 0.581 bits per heavy atom. The molecule has 0 amide bonds. The van der Waals surface area contributed by atoms with E-state index >= 15 is 0 Å². The van der Waals surface area contributed by atoms with Crippen molar-refractivity contribution in [1.29, 1.82) is 0 Å². The number of hydrogen-bond donors (Lipinski definition) is 7. The molecule has 0 unspecified atom stereocenters. The number of carboxylic acids is 7. The zero-order valence-electron chi connectivity index (χ0n) is 68.4. The molecule has 43 heteroatoms. The number of oxazole rings is 7. The number of pyridine rings is 7. The van der Waals surface area contributed by atoms with Crippen LogP contribution in [0.25, 0.3) is 158 Å². The lowest BCUT2D eigenvalue weighted by Gasteiger charge is -2.04. The number of aromatic nitrogens is 14. The number of rotatable bonds is 14. The van der Waals surface area contributed by atoms with Gasteiger partial charge in [-0.15, -0.1) is 0 Å². The summed E-state index contributed by atoms with van der Waals surface area (Å²) in [7, 11) is 0. The first-order chi connectivity index (χ1) is 65.2. The molecule has 14 aromatic heterocycles. The van der Waals surface area contributed by atoms with Crippen LogP contribution in [0.15, 0.2) is 287 Å². The maximum Gasteiger partial charge on any atom is 0.433 e. The van der Waals surface area contributed by atoms with Crippen LogP contribution in [0.5, 0.6) is 0 Å². The number of aromatic carboxylic acids is 7. The number of carbonyl (C=O) groups is 7. The Kier molecular flexibility index (Phi) is 27.7. The highest BCUT2D eigenvalue weighted by molar-refractivity contribution is 6.33. The minimum Gasteiger partial charge on any atom is -0.478 e. The predicted molar refractivity (Wildman–Crippen MR) is 484 cm³/mol. The van der Waals surface area contributed by atoms with Gasteiger partial charge in [-0.25, -0.2) is 88.4 Å². The van der Waals surface area contributed by atoms with Crippen LogP contribution < -0.4 is 0 Å². The van der Waals surface area contributed by atoms with E-state index < -0.39 is 53.7 Å². The third-order valence-electron chi connectivity index (χ3n) is 18.9. The minimum absolute atomic E-state index is 0.0285. The maximum atomic E-state index is 12.5. The molecule has 0 spiro atoms. The van der Waals surface area contributed by atoms with Crippen molar-refractivity contribution in [3.8, 4) is 80.2 Å². The lowest BCUT2D eigenvalue weighted by molar-refractivity contribution is -0.141.